The largest absolute Gasteiger partial charge is 0.398 e. The third-order valence-corrected chi connectivity index (χ3v) is 5.83. The maximum absolute atomic E-state index is 6.07. The molecule has 1 aliphatic carbocycles. The zero-order chi connectivity index (χ0) is 12.6. The molecule has 2 aliphatic rings. The van der Waals surface area contributed by atoms with E-state index in [-0.39, 0.29) is 5.60 Å². The maximum atomic E-state index is 6.07. The molecule has 1 aromatic rings. The second-order valence-electron chi connectivity index (χ2n) is 5.30. The molecular formula is C14H18BrNOS. The van der Waals surface area contributed by atoms with Crippen LogP contribution in [-0.4, -0.2) is 17.5 Å². The molecule has 0 amide bonds. The number of anilines is 1. The van der Waals surface area contributed by atoms with E-state index in [1.165, 1.54) is 30.6 Å². The Labute approximate surface area is 121 Å². The molecule has 0 aromatic heterocycles. The highest BCUT2D eigenvalue weighted by molar-refractivity contribution is 9.10. The molecular weight excluding hydrogens is 310 g/mol. The van der Waals surface area contributed by atoms with Crippen LogP contribution >= 0.6 is 27.7 Å². The number of halogens is 1. The van der Waals surface area contributed by atoms with Gasteiger partial charge in [-0.2, -0.15) is 0 Å². The van der Waals surface area contributed by atoms with Crippen LogP contribution in [0.4, 0.5) is 5.69 Å². The smallest absolute Gasteiger partial charge is 0.0693 e. The Morgan fingerprint density at radius 1 is 1.39 bits per heavy atom. The molecule has 2 nitrogen and oxygen atoms in total. The van der Waals surface area contributed by atoms with Gasteiger partial charge in [-0.25, -0.2) is 0 Å². The summed E-state index contributed by atoms with van der Waals surface area (Å²) in [7, 11) is 0. The monoisotopic (exact) mass is 327 g/mol. The van der Waals surface area contributed by atoms with Crippen LogP contribution in [0.2, 0.25) is 0 Å². The zero-order valence-corrected chi connectivity index (χ0v) is 12.7. The number of benzene rings is 1. The van der Waals surface area contributed by atoms with Crippen LogP contribution < -0.4 is 5.73 Å². The average Bonchev–Trinajstić information content (AvgIpc) is 2.31. The average molecular weight is 328 g/mol. The minimum atomic E-state index is 0.222. The fourth-order valence-electron chi connectivity index (χ4n) is 2.81. The fraction of sp³-hybridized carbons (Fsp3) is 0.571. The van der Waals surface area contributed by atoms with Crippen molar-refractivity contribution in [3.63, 3.8) is 0 Å². The lowest BCUT2D eigenvalue weighted by Crippen LogP contribution is -2.46. The van der Waals surface area contributed by atoms with Gasteiger partial charge in [-0.3, -0.25) is 0 Å². The summed E-state index contributed by atoms with van der Waals surface area (Å²) >= 11 is 5.38. The third-order valence-electron chi connectivity index (χ3n) is 3.98. The second kappa shape index (κ2) is 5.06. The Morgan fingerprint density at radius 2 is 2.22 bits per heavy atom. The van der Waals surface area contributed by atoms with Gasteiger partial charge in [0.05, 0.1) is 5.60 Å². The minimum absolute atomic E-state index is 0.222. The quantitative estimate of drug-likeness (QED) is 0.826. The molecule has 1 aromatic carbocycles. The second-order valence-corrected chi connectivity index (χ2v) is 7.56. The highest BCUT2D eigenvalue weighted by Crippen LogP contribution is 2.46. The number of hydrogen-bond donors (Lipinski definition) is 1. The van der Waals surface area contributed by atoms with Crippen molar-refractivity contribution < 1.29 is 4.74 Å². The summed E-state index contributed by atoms with van der Waals surface area (Å²) in [5.41, 5.74) is 7.17. The molecule has 1 saturated heterocycles. The normalized spacial score (nSPS) is 25.9. The van der Waals surface area contributed by atoms with Gasteiger partial charge >= 0.3 is 0 Å². The molecule has 1 heterocycles. The Kier molecular flexibility index (Phi) is 3.61. The van der Waals surface area contributed by atoms with Gasteiger partial charge in [0.2, 0.25) is 0 Å². The van der Waals surface area contributed by atoms with Crippen molar-refractivity contribution >= 4 is 33.4 Å². The SMILES string of the molecule is Nc1cc(Br)ccc1SC1CCOC2(CCC2)C1. The lowest BCUT2D eigenvalue weighted by atomic mass is 9.75. The Morgan fingerprint density at radius 3 is 2.89 bits per heavy atom. The van der Waals surface area contributed by atoms with E-state index in [2.05, 4.69) is 28.1 Å². The van der Waals surface area contributed by atoms with Gasteiger partial charge in [-0.05, 0) is 50.3 Å². The molecule has 3 rings (SSSR count). The van der Waals surface area contributed by atoms with E-state index in [1.807, 2.05) is 17.8 Å². The lowest BCUT2D eigenvalue weighted by molar-refractivity contribution is -0.125. The molecule has 0 radical (unpaired) electrons. The molecule has 1 atom stereocenters. The molecule has 1 spiro atoms. The molecule has 1 unspecified atom stereocenters. The summed E-state index contributed by atoms with van der Waals surface area (Å²) in [4.78, 5) is 1.21. The summed E-state index contributed by atoms with van der Waals surface area (Å²) in [6.07, 6.45) is 6.16. The topological polar surface area (TPSA) is 35.2 Å². The van der Waals surface area contributed by atoms with Gasteiger partial charge in [-0.1, -0.05) is 15.9 Å². The van der Waals surface area contributed by atoms with Gasteiger partial charge in [0, 0.05) is 26.9 Å². The van der Waals surface area contributed by atoms with Gasteiger partial charge in [0.15, 0.2) is 0 Å². The van der Waals surface area contributed by atoms with E-state index in [0.29, 0.717) is 5.25 Å². The summed E-state index contributed by atoms with van der Waals surface area (Å²) in [5.74, 6) is 0. The summed E-state index contributed by atoms with van der Waals surface area (Å²) < 4.78 is 7.01. The van der Waals surface area contributed by atoms with E-state index in [9.17, 15) is 0 Å². The van der Waals surface area contributed by atoms with Crippen LogP contribution in [0.3, 0.4) is 0 Å². The number of ether oxygens (including phenoxy) is 1. The third kappa shape index (κ3) is 2.56. The fourth-order valence-corrected chi connectivity index (χ4v) is 4.49. The van der Waals surface area contributed by atoms with Crippen molar-refractivity contribution in [1.29, 1.82) is 0 Å². The van der Waals surface area contributed by atoms with Crippen molar-refractivity contribution in [2.24, 2.45) is 0 Å². The van der Waals surface area contributed by atoms with E-state index in [4.69, 9.17) is 10.5 Å². The van der Waals surface area contributed by atoms with Crippen LogP contribution in [0.1, 0.15) is 32.1 Å². The highest BCUT2D eigenvalue weighted by Gasteiger charge is 2.42. The van der Waals surface area contributed by atoms with E-state index < -0.39 is 0 Å². The first kappa shape index (κ1) is 12.8. The molecule has 2 fully saturated rings. The van der Waals surface area contributed by atoms with Crippen molar-refractivity contribution in [1.82, 2.24) is 0 Å². The number of hydrogen-bond acceptors (Lipinski definition) is 3. The Bertz CT molecular complexity index is 447. The number of nitrogen functional groups attached to an aromatic ring is 1. The predicted molar refractivity (Wildman–Crippen MR) is 80.0 cm³/mol. The van der Waals surface area contributed by atoms with E-state index in [1.54, 1.807) is 0 Å². The molecule has 1 aliphatic heterocycles. The maximum Gasteiger partial charge on any atom is 0.0693 e. The Hall–Kier alpha value is -0.190. The summed E-state index contributed by atoms with van der Waals surface area (Å²) in [6, 6.07) is 6.17. The van der Waals surface area contributed by atoms with Crippen molar-refractivity contribution in [3.8, 4) is 0 Å². The number of rotatable bonds is 2. The first-order chi connectivity index (χ1) is 8.67. The molecule has 2 N–H and O–H groups in total. The molecule has 4 heteroatoms. The van der Waals surface area contributed by atoms with Gasteiger partial charge in [0.25, 0.3) is 0 Å². The van der Waals surface area contributed by atoms with Crippen LogP contribution in [0.15, 0.2) is 27.6 Å². The van der Waals surface area contributed by atoms with Crippen LogP contribution in [0, 0.1) is 0 Å². The number of thioether (sulfide) groups is 1. The molecule has 1 saturated carbocycles. The Balaban J connectivity index is 1.68. The van der Waals surface area contributed by atoms with Gasteiger partial charge in [-0.15, -0.1) is 11.8 Å². The van der Waals surface area contributed by atoms with Crippen LogP contribution in [0.25, 0.3) is 0 Å². The minimum Gasteiger partial charge on any atom is -0.398 e. The van der Waals surface area contributed by atoms with Crippen LogP contribution in [0.5, 0.6) is 0 Å². The standard InChI is InChI=1S/C14H18BrNOS/c15-10-2-3-13(12(16)8-10)18-11-4-7-17-14(9-11)5-1-6-14/h2-3,8,11H,1,4-7,9,16H2. The molecule has 0 bridgehead atoms. The lowest BCUT2D eigenvalue weighted by Gasteiger charge is -2.47. The highest BCUT2D eigenvalue weighted by atomic mass is 79.9. The van der Waals surface area contributed by atoms with Crippen molar-refractivity contribution in [3.05, 3.63) is 22.7 Å². The first-order valence-corrected chi connectivity index (χ1v) is 8.20. The van der Waals surface area contributed by atoms with E-state index >= 15 is 0 Å². The van der Waals surface area contributed by atoms with Gasteiger partial charge in [0.1, 0.15) is 0 Å². The molecule has 18 heavy (non-hydrogen) atoms. The summed E-state index contributed by atoms with van der Waals surface area (Å²) in [5, 5.41) is 0.655. The predicted octanol–water partition coefficient (Wildman–Crippen LogP) is 4.23. The van der Waals surface area contributed by atoms with Crippen molar-refractivity contribution in [2.45, 2.75) is 47.9 Å². The van der Waals surface area contributed by atoms with Crippen molar-refractivity contribution in [2.75, 3.05) is 12.3 Å². The summed E-state index contributed by atoms with van der Waals surface area (Å²) in [6.45, 7) is 0.911. The molecule has 98 valence electrons. The van der Waals surface area contributed by atoms with E-state index in [0.717, 1.165) is 23.2 Å². The first-order valence-electron chi connectivity index (χ1n) is 6.53. The number of nitrogens with two attached hydrogens (primary N) is 1. The zero-order valence-electron chi connectivity index (χ0n) is 10.3. The van der Waals surface area contributed by atoms with Crippen LogP contribution in [-0.2, 0) is 4.74 Å². The van der Waals surface area contributed by atoms with Gasteiger partial charge < -0.3 is 10.5 Å².